The Balaban J connectivity index is 1.88. The number of aliphatic hydroxyl groups excluding tert-OH is 1. The molecule has 0 spiro atoms. The lowest BCUT2D eigenvalue weighted by atomic mass is 9.94. The van der Waals surface area contributed by atoms with Gasteiger partial charge in [-0.2, -0.15) is 0 Å². The van der Waals surface area contributed by atoms with Gasteiger partial charge in [0.05, 0.1) is 6.61 Å². The second-order valence-corrected chi connectivity index (χ2v) is 8.51. The van der Waals surface area contributed by atoms with Crippen molar-refractivity contribution in [1.29, 1.82) is 0 Å². The van der Waals surface area contributed by atoms with Crippen LogP contribution in [0.3, 0.4) is 0 Å². The Morgan fingerprint density at radius 3 is 1.92 bits per heavy atom. The van der Waals surface area contributed by atoms with Gasteiger partial charge in [0.15, 0.2) is 0 Å². The summed E-state index contributed by atoms with van der Waals surface area (Å²) in [6.07, 6.45) is 6.28. The molecule has 0 bridgehead atoms. The molecule has 0 aliphatic heterocycles. The van der Waals surface area contributed by atoms with E-state index < -0.39 is 7.92 Å². The molecule has 1 atom stereocenters. The third-order valence-corrected chi connectivity index (χ3v) is 7.26. The molecule has 0 fully saturated rings. The Morgan fingerprint density at radius 2 is 1.31 bits per heavy atom. The second kappa shape index (κ2) is 7.83. The van der Waals surface area contributed by atoms with Crippen molar-refractivity contribution in [2.24, 2.45) is 0 Å². The summed E-state index contributed by atoms with van der Waals surface area (Å²) in [5.41, 5.74) is 2.36. The van der Waals surface area contributed by atoms with Gasteiger partial charge in [0.25, 0.3) is 0 Å². The highest BCUT2D eigenvalue weighted by molar-refractivity contribution is 7.79. The van der Waals surface area contributed by atoms with Crippen molar-refractivity contribution < 1.29 is 5.11 Å². The summed E-state index contributed by atoms with van der Waals surface area (Å²) in [7, 11) is -0.650. The summed E-state index contributed by atoms with van der Waals surface area (Å²) >= 11 is 0. The van der Waals surface area contributed by atoms with Gasteiger partial charge in [0.1, 0.15) is 0 Å². The first kappa shape index (κ1) is 17.0. The molecule has 1 N–H and O–H groups in total. The van der Waals surface area contributed by atoms with Crippen molar-refractivity contribution in [3.05, 3.63) is 114 Å². The van der Waals surface area contributed by atoms with Crippen LogP contribution in [0.4, 0.5) is 0 Å². The van der Waals surface area contributed by atoms with Crippen LogP contribution in [-0.2, 0) is 0 Å². The van der Waals surface area contributed by atoms with Crippen LogP contribution in [0.2, 0.25) is 0 Å². The lowest BCUT2D eigenvalue weighted by molar-refractivity contribution is 0.326. The summed E-state index contributed by atoms with van der Waals surface area (Å²) in [5, 5.41) is 13.8. The molecule has 0 radical (unpaired) electrons. The zero-order chi connectivity index (χ0) is 17.8. The van der Waals surface area contributed by atoms with Gasteiger partial charge < -0.3 is 5.11 Å². The van der Waals surface area contributed by atoms with Crippen molar-refractivity contribution in [2.75, 3.05) is 6.61 Å². The quantitative estimate of drug-likeness (QED) is 0.685. The molecule has 3 aromatic rings. The lowest BCUT2D eigenvalue weighted by Crippen LogP contribution is -2.24. The van der Waals surface area contributed by atoms with E-state index in [1.165, 1.54) is 21.5 Å². The molecule has 128 valence electrons. The van der Waals surface area contributed by atoms with Gasteiger partial charge in [-0.3, -0.25) is 0 Å². The van der Waals surface area contributed by atoms with Crippen molar-refractivity contribution in [1.82, 2.24) is 0 Å². The van der Waals surface area contributed by atoms with E-state index in [-0.39, 0.29) is 12.5 Å². The Hall–Kier alpha value is -2.47. The SMILES string of the molecule is OCC1=CC=CC1c1ccccc1P(c1ccccc1)c1ccccc1. The van der Waals surface area contributed by atoms with E-state index in [0.717, 1.165) is 5.57 Å². The molecular weight excluding hydrogens is 335 g/mol. The number of rotatable bonds is 5. The maximum atomic E-state index is 9.76. The minimum Gasteiger partial charge on any atom is -0.392 e. The summed E-state index contributed by atoms with van der Waals surface area (Å²) in [6, 6.07) is 30.2. The summed E-state index contributed by atoms with van der Waals surface area (Å²) in [5.74, 6) is 0.161. The van der Waals surface area contributed by atoms with E-state index in [1.54, 1.807) is 0 Å². The smallest absolute Gasteiger partial charge is 0.0653 e. The maximum absolute atomic E-state index is 9.76. The minimum absolute atomic E-state index is 0.0978. The van der Waals surface area contributed by atoms with Gasteiger partial charge >= 0.3 is 0 Å². The molecule has 0 heterocycles. The normalized spacial score (nSPS) is 16.1. The molecular formula is C24H21OP. The van der Waals surface area contributed by atoms with Gasteiger partial charge in [-0.1, -0.05) is 103 Å². The van der Waals surface area contributed by atoms with E-state index in [9.17, 15) is 5.11 Å². The Bertz CT molecular complexity index is 889. The van der Waals surface area contributed by atoms with Crippen LogP contribution in [0.5, 0.6) is 0 Å². The summed E-state index contributed by atoms with van der Waals surface area (Å²) in [4.78, 5) is 0. The third kappa shape index (κ3) is 3.29. The molecule has 1 nitrogen and oxygen atoms in total. The van der Waals surface area contributed by atoms with Crippen LogP contribution in [0.25, 0.3) is 0 Å². The van der Waals surface area contributed by atoms with Gasteiger partial charge in [0, 0.05) is 5.92 Å². The molecule has 2 heteroatoms. The van der Waals surface area contributed by atoms with E-state index in [1.807, 2.05) is 6.08 Å². The summed E-state index contributed by atoms with van der Waals surface area (Å²) < 4.78 is 0. The maximum Gasteiger partial charge on any atom is 0.0653 e. The van der Waals surface area contributed by atoms with Crippen LogP contribution in [0.15, 0.2) is 109 Å². The van der Waals surface area contributed by atoms with Crippen LogP contribution in [0, 0.1) is 0 Å². The number of hydrogen-bond acceptors (Lipinski definition) is 1. The summed E-state index contributed by atoms with van der Waals surface area (Å²) in [6.45, 7) is 0.0978. The molecule has 0 saturated carbocycles. The lowest BCUT2D eigenvalue weighted by Gasteiger charge is -2.25. The van der Waals surface area contributed by atoms with Crippen LogP contribution in [-0.4, -0.2) is 11.7 Å². The van der Waals surface area contributed by atoms with Crippen molar-refractivity contribution >= 4 is 23.8 Å². The van der Waals surface area contributed by atoms with Crippen molar-refractivity contribution in [3.8, 4) is 0 Å². The number of aliphatic hydroxyl groups is 1. The van der Waals surface area contributed by atoms with Crippen molar-refractivity contribution in [3.63, 3.8) is 0 Å². The molecule has 0 aromatic heterocycles. The monoisotopic (exact) mass is 356 g/mol. The first-order valence-electron chi connectivity index (χ1n) is 8.86. The van der Waals surface area contributed by atoms with E-state index >= 15 is 0 Å². The molecule has 1 unspecified atom stereocenters. The predicted molar refractivity (Wildman–Crippen MR) is 112 cm³/mol. The average Bonchev–Trinajstić information content (AvgIpc) is 3.19. The fourth-order valence-electron chi connectivity index (χ4n) is 3.51. The van der Waals surface area contributed by atoms with Gasteiger partial charge in [-0.25, -0.2) is 0 Å². The van der Waals surface area contributed by atoms with Crippen LogP contribution < -0.4 is 15.9 Å². The highest BCUT2D eigenvalue weighted by Crippen LogP contribution is 2.38. The molecule has 26 heavy (non-hydrogen) atoms. The zero-order valence-electron chi connectivity index (χ0n) is 14.5. The third-order valence-electron chi connectivity index (χ3n) is 4.74. The number of benzene rings is 3. The number of allylic oxidation sites excluding steroid dienone is 3. The molecule has 1 aliphatic carbocycles. The first-order valence-corrected chi connectivity index (χ1v) is 10.2. The predicted octanol–water partition coefficient (Wildman–Crippen LogP) is 4.02. The van der Waals surface area contributed by atoms with Crippen LogP contribution >= 0.6 is 7.92 Å². The topological polar surface area (TPSA) is 20.2 Å². The first-order chi connectivity index (χ1) is 12.9. The molecule has 0 amide bonds. The molecule has 0 saturated heterocycles. The average molecular weight is 356 g/mol. The largest absolute Gasteiger partial charge is 0.392 e. The highest BCUT2D eigenvalue weighted by atomic mass is 31.1. The number of hydrogen-bond donors (Lipinski definition) is 1. The standard InChI is InChI=1S/C24H21OP/c25-18-19-10-9-16-22(19)23-15-7-8-17-24(23)26(20-11-3-1-4-12-20)21-13-5-2-6-14-21/h1-17,22,25H,18H2. The fourth-order valence-corrected chi connectivity index (χ4v) is 6.01. The fraction of sp³-hybridized carbons (Fsp3) is 0.0833. The highest BCUT2D eigenvalue weighted by Gasteiger charge is 2.24. The van der Waals surface area contributed by atoms with E-state index in [4.69, 9.17) is 0 Å². The van der Waals surface area contributed by atoms with Gasteiger partial charge in [-0.15, -0.1) is 0 Å². The van der Waals surface area contributed by atoms with E-state index in [2.05, 4.69) is 97.1 Å². The van der Waals surface area contributed by atoms with E-state index in [0.29, 0.717) is 0 Å². The van der Waals surface area contributed by atoms with Gasteiger partial charge in [-0.05, 0) is 35.0 Å². The Kier molecular flexibility index (Phi) is 5.11. The Morgan fingerprint density at radius 1 is 0.731 bits per heavy atom. The second-order valence-electron chi connectivity index (χ2n) is 6.33. The molecule has 3 aromatic carbocycles. The zero-order valence-corrected chi connectivity index (χ0v) is 15.4. The minimum atomic E-state index is -0.650. The van der Waals surface area contributed by atoms with Crippen LogP contribution in [0.1, 0.15) is 11.5 Å². The molecule has 4 rings (SSSR count). The van der Waals surface area contributed by atoms with Crippen molar-refractivity contribution in [2.45, 2.75) is 5.92 Å². The molecule has 1 aliphatic rings. The van der Waals surface area contributed by atoms with Gasteiger partial charge in [0.2, 0.25) is 0 Å². The Labute approximate surface area is 156 Å².